The van der Waals surface area contributed by atoms with Crippen LogP contribution in [0.1, 0.15) is 18.4 Å². The van der Waals surface area contributed by atoms with E-state index in [0.29, 0.717) is 0 Å². The number of halogens is 1. The van der Waals surface area contributed by atoms with E-state index in [1.54, 1.807) is 6.07 Å². The smallest absolute Gasteiger partial charge is 0.165 e. The zero-order valence-corrected chi connectivity index (χ0v) is 7.84. The lowest BCUT2D eigenvalue weighted by molar-refractivity contribution is 0.431. The summed E-state index contributed by atoms with van der Waals surface area (Å²) in [4.78, 5) is 0. The lowest BCUT2D eigenvalue weighted by Crippen LogP contribution is -2.14. The Morgan fingerprint density at radius 1 is 1.54 bits per heavy atom. The van der Waals surface area contributed by atoms with Gasteiger partial charge >= 0.3 is 0 Å². The number of phenols is 1. The van der Waals surface area contributed by atoms with E-state index in [1.807, 2.05) is 14.0 Å². The predicted molar refractivity (Wildman–Crippen MR) is 50.4 cm³/mol. The SMILES string of the molecule is CNCC(C)c1ccc(O)c(F)c1. The second-order valence-corrected chi connectivity index (χ2v) is 3.17. The van der Waals surface area contributed by atoms with Crippen LogP contribution in [0, 0.1) is 5.82 Å². The molecule has 0 heterocycles. The molecule has 0 saturated heterocycles. The minimum absolute atomic E-state index is 0.250. The fourth-order valence-corrected chi connectivity index (χ4v) is 1.25. The van der Waals surface area contributed by atoms with Crippen LogP contribution >= 0.6 is 0 Å². The minimum atomic E-state index is -0.555. The second-order valence-electron chi connectivity index (χ2n) is 3.17. The average molecular weight is 183 g/mol. The van der Waals surface area contributed by atoms with E-state index in [1.165, 1.54) is 12.1 Å². The Labute approximate surface area is 77.4 Å². The maximum Gasteiger partial charge on any atom is 0.165 e. The van der Waals surface area contributed by atoms with Gasteiger partial charge in [0, 0.05) is 6.54 Å². The number of likely N-dealkylation sites (N-methyl/N-ethyl adjacent to an activating group) is 1. The van der Waals surface area contributed by atoms with Gasteiger partial charge in [-0.15, -0.1) is 0 Å². The molecular formula is C10H14FNO. The summed E-state index contributed by atoms with van der Waals surface area (Å²) in [7, 11) is 1.85. The summed E-state index contributed by atoms with van der Waals surface area (Å²) in [5, 5.41) is 12.0. The number of hydrogen-bond acceptors (Lipinski definition) is 2. The largest absolute Gasteiger partial charge is 0.505 e. The van der Waals surface area contributed by atoms with Crippen molar-refractivity contribution in [2.75, 3.05) is 13.6 Å². The van der Waals surface area contributed by atoms with E-state index >= 15 is 0 Å². The van der Waals surface area contributed by atoms with Crippen LogP contribution in [0.3, 0.4) is 0 Å². The molecule has 0 aliphatic heterocycles. The van der Waals surface area contributed by atoms with Crippen LogP contribution in [0.2, 0.25) is 0 Å². The molecule has 0 spiro atoms. The minimum Gasteiger partial charge on any atom is -0.505 e. The van der Waals surface area contributed by atoms with E-state index in [9.17, 15) is 4.39 Å². The zero-order valence-electron chi connectivity index (χ0n) is 7.84. The Morgan fingerprint density at radius 3 is 2.77 bits per heavy atom. The van der Waals surface area contributed by atoms with E-state index in [-0.39, 0.29) is 11.7 Å². The molecule has 2 nitrogen and oxygen atoms in total. The molecule has 0 aromatic heterocycles. The summed E-state index contributed by atoms with van der Waals surface area (Å²) in [5.41, 5.74) is 0.893. The molecular weight excluding hydrogens is 169 g/mol. The van der Waals surface area contributed by atoms with Gasteiger partial charge in [0.2, 0.25) is 0 Å². The summed E-state index contributed by atoms with van der Waals surface area (Å²) < 4.78 is 12.9. The molecule has 2 N–H and O–H groups in total. The third kappa shape index (κ3) is 2.42. The lowest BCUT2D eigenvalue weighted by Gasteiger charge is -2.11. The van der Waals surface area contributed by atoms with Crippen molar-refractivity contribution in [2.24, 2.45) is 0 Å². The van der Waals surface area contributed by atoms with Crippen molar-refractivity contribution in [3.05, 3.63) is 29.6 Å². The molecule has 1 unspecified atom stereocenters. The Morgan fingerprint density at radius 2 is 2.23 bits per heavy atom. The van der Waals surface area contributed by atoms with Gasteiger partial charge in [-0.05, 0) is 30.7 Å². The molecule has 3 heteroatoms. The van der Waals surface area contributed by atoms with Crippen LogP contribution in [0.5, 0.6) is 5.75 Å². The molecule has 1 aromatic carbocycles. The van der Waals surface area contributed by atoms with Crippen molar-refractivity contribution in [3.63, 3.8) is 0 Å². The fourth-order valence-electron chi connectivity index (χ4n) is 1.25. The van der Waals surface area contributed by atoms with Gasteiger partial charge in [-0.3, -0.25) is 0 Å². The number of phenolic OH excluding ortho intramolecular Hbond substituents is 1. The first-order valence-corrected chi connectivity index (χ1v) is 4.28. The van der Waals surface area contributed by atoms with Gasteiger partial charge in [-0.2, -0.15) is 0 Å². The van der Waals surface area contributed by atoms with Crippen molar-refractivity contribution < 1.29 is 9.50 Å². The first-order valence-electron chi connectivity index (χ1n) is 4.28. The van der Waals surface area contributed by atoms with Crippen LogP contribution < -0.4 is 5.32 Å². The van der Waals surface area contributed by atoms with E-state index in [2.05, 4.69) is 5.32 Å². The quantitative estimate of drug-likeness (QED) is 0.749. The van der Waals surface area contributed by atoms with Crippen LogP contribution in [0.15, 0.2) is 18.2 Å². The summed E-state index contributed by atoms with van der Waals surface area (Å²) in [6, 6.07) is 4.49. The topological polar surface area (TPSA) is 32.3 Å². The highest BCUT2D eigenvalue weighted by atomic mass is 19.1. The molecule has 0 saturated carbocycles. The molecule has 13 heavy (non-hydrogen) atoms. The van der Waals surface area contributed by atoms with Gasteiger partial charge < -0.3 is 10.4 Å². The van der Waals surface area contributed by atoms with Crippen LogP contribution in [0.25, 0.3) is 0 Å². The fraction of sp³-hybridized carbons (Fsp3) is 0.400. The Balaban J connectivity index is 2.84. The van der Waals surface area contributed by atoms with Crippen molar-refractivity contribution in [2.45, 2.75) is 12.8 Å². The highest BCUT2D eigenvalue weighted by molar-refractivity contribution is 5.30. The van der Waals surface area contributed by atoms with E-state index < -0.39 is 5.82 Å². The maximum absolute atomic E-state index is 12.9. The third-order valence-electron chi connectivity index (χ3n) is 2.05. The number of benzene rings is 1. The van der Waals surface area contributed by atoms with Gasteiger partial charge in [-0.1, -0.05) is 13.0 Å². The molecule has 0 amide bonds. The zero-order chi connectivity index (χ0) is 9.84. The highest BCUT2D eigenvalue weighted by Crippen LogP contribution is 2.21. The molecule has 1 rings (SSSR count). The van der Waals surface area contributed by atoms with Crippen LogP contribution in [-0.4, -0.2) is 18.7 Å². The number of aromatic hydroxyl groups is 1. The molecule has 0 radical (unpaired) electrons. The highest BCUT2D eigenvalue weighted by Gasteiger charge is 2.07. The van der Waals surface area contributed by atoms with Crippen molar-refractivity contribution >= 4 is 0 Å². The molecule has 0 aliphatic carbocycles. The van der Waals surface area contributed by atoms with Crippen molar-refractivity contribution in [3.8, 4) is 5.75 Å². The Kier molecular flexibility index (Phi) is 3.25. The average Bonchev–Trinajstić information content (AvgIpc) is 2.10. The summed E-state index contributed by atoms with van der Waals surface area (Å²) in [6.07, 6.45) is 0. The Hall–Kier alpha value is -1.09. The van der Waals surface area contributed by atoms with Gasteiger partial charge in [0.15, 0.2) is 11.6 Å². The Bertz CT molecular complexity index is 288. The van der Waals surface area contributed by atoms with E-state index in [4.69, 9.17) is 5.11 Å². The summed E-state index contributed by atoms with van der Waals surface area (Å²) in [5.74, 6) is -0.596. The molecule has 1 atom stereocenters. The molecule has 72 valence electrons. The van der Waals surface area contributed by atoms with E-state index in [0.717, 1.165) is 12.1 Å². The van der Waals surface area contributed by atoms with Crippen LogP contribution in [-0.2, 0) is 0 Å². The third-order valence-corrected chi connectivity index (χ3v) is 2.05. The van der Waals surface area contributed by atoms with Crippen LogP contribution in [0.4, 0.5) is 4.39 Å². The molecule has 0 fully saturated rings. The number of nitrogens with one attached hydrogen (secondary N) is 1. The normalized spacial score (nSPS) is 12.8. The first kappa shape index (κ1) is 9.99. The number of hydrogen-bond donors (Lipinski definition) is 2. The predicted octanol–water partition coefficient (Wildman–Crippen LogP) is 1.85. The van der Waals surface area contributed by atoms with Gasteiger partial charge in [0.1, 0.15) is 0 Å². The van der Waals surface area contributed by atoms with Gasteiger partial charge in [-0.25, -0.2) is 4.39 Å². The monoisotopic (exact) mass is 183 g/mol. The summed E-state index contributed by atoms with van der Waals surface area (Å²) in [6.45, 7) is 2.80. The van der Waals surface area contributed by atoms with Crippen molar-refractivity contribution in [1.29, 1.82) is 0 Å². The lowest BCUT2D eigenvalue weighted by atomic mass is 10.0. The summed E-state index contributed by atoms with van der Waals surface area (Å²) >= 11 is 0. The standard InChI is InChI=1S/C10H14FNO/c1-7(6-12-2)8-3-4-10(13)9(11)5-8/h3-5,7,12-13H,6H2,1-2H3. The molecule has 0 bridgehead atoms. The second kappa shape index (κ2) is 4.23. The first-order chi connectivity index (χ1) is 6.15. The van der Waals surface area contributed by atoms with Gasteiger partial charge in [0.05, 0.1) is 0 Å². The van der Waals surface area contributed by atoms with Crippen molar-refractivity contribution in [1.82, 2.24) is 5.32 Å². The molecule has 0 aliphatic rings. The van der Waals surface area contributed by atoms with Gasteiger partial charge in [0.25, 0.3) is 0 Å². The maximum atomic E-state index is 12.9. The molecule has 1 aromatic rings. The number of rotatable bonds is 3.